The summed E-state index contributed by atoms with van der Waals surface area (Å²) >= 11 is 0. The van der Waals surface area contributed by atoms with Gasteiger partial charge >= 0.3 is 6.09 Å². The number of likely N-dealkylation sites (N-methyl/N-ethyl adjacent to an activating group) is 1. The Hall–Kier alpha value is -1.06. The van der Waals surface area contributed by atoms with Crippen LogP contribution >= 0.6 is 0 Å². The molecule has 1 saturated carbocycles. The second-order valence-electron chi connectivity index (χ2n) is 6.54. The van der Waals surface area contributed by atoms with Crippen LogP contribution in [-0.2, 0) is 9.53 Å². The molecule has 0 radical (unpaired) electrons. The van der Waals surface area contributed by atoms with Crippen molar-refractivity contribution in [3.63, 3.8) is 0 Å². The third-order valence-corrected chi connectivity index (χ3v) is 3.61. The summed E-state index contributed by atoms with van der Waals surface area (Å²) in [6, 6.07) is -0.338. The van der Waals surface area contributed by atoms with Crippen molar-refractivity contribution in [3.05, 3.63) is 0 Å². The Morgan fingerprint density at radius 1 is 1.16 bits per heavy atom. The van der Waals surface area contributed by atoms with Crippen molar-refractivity contribution in [2.24, 2.45) is 5.92 Å². The molecule has 0 heterocycles. The van der Waals surface area contributed by atoms with Crippen molar-refractivity contribution in [1.82, 2.24) is 4.90 Å². The molecule has 19 heavy (non-hydrogen) atoms. The summed E-state index contributed by atoms with van der Waals surface area (Å²) in [5.41, 5.74) is -0.529. The summed E-state index contributed by atoms with van der Waals surface area (Å²) in [5.74, 6) is 0.337. The normalized spacial score (nSPS) is 18.8. The van der Waals surface area contributed by atoms with E-state index in [1.807, 2.05) is 20.8 Å². The molecule has 1 amide bonds. The number of ether oxygens (including phenoxy) is 1. The highest BCUT2D eigenvalue weighted by Gasteiger charge is 2.34. The highest BCUT2D eigenvalue weighted by molar-refractivity contribution is 5.85. The first-order valence-corrected chi connectivity index (χ1v) is 7.18. The third kappa shape index (κ3) is 4.84. The van der Waals surface area contributed by atoms with Gasteiger partial charge in [-0.05, 0) is 46.5 Å². The van der Waals surface area contributed by atoms with E-state index < -0.39 is 11.7 Å². The van der Waals surface area contributed by atoms with Crippen LogP contribution in [0, 0.1) is 5.92 Å². The molecule has 0 aromatic carbocycles. The van der Waals surface area contributed by atoms with Crippen LogP contribution in [0.5, 0.6) is 0 Å². The van der Waals surface area contributed by atoms with Crippen LogP contribution in [0.3, 0.4) is 0 Å². The average molecular weight is 269 g/mol. The van der Waals surface area contributed by atoms with Gasteiger partial charge in [0, 0.05) is 7.05 Å². The molecule has 1 rings (SSSR count). The number of rotatable bonds is 3. The lowest BCUT2D eigenvalue weighted by molar-refractivity contribution is -0.124. The number of hydrogen-bond donors (Lipinski definition) is 0. The maximum absolute atomic E-state index is 12.1. The van der Waals surface area contributed by atoms with Crippen LogP contribution in [0.2, 0.25) is 0 Å². The van der Waals surface area contributed by atoms with Crippen LogP contribution in [0.1, 0.15) is 59.8 Å². The van der Waals surface area contributed by atoms with Gasteiger partial charge in [0.2, 0.25) is 0 Å². The van der Waals surface area contributed by atoms with E-state index >= 15 is 0 Å². The minimum atomic E-state index is -0.529. The van der Waals surface area contributed by atoms with E-state index in [1.54, 1.807) is 14.0 Å². The van der Waals surface area contributed by atoms with Gasteiger partial charge < -0.3 is 9.64 Å². The number of Topliss-reactive ketones (excluding diaryl/α,β-unsaturated/α-hetero) is 1. The van der Waals surface area contributed by atoms with Crippen LogP contribution in [0.25, 0.3) is 0 Å². The summed E-state index contributed by atoms with van der Waals surface area (Å²) in [5, 5.41) is 0. The second-order valence-corrected chi connectivity index (χ2v) is 6.54. The number of carbonyl (C=O) groups excluding carboxylic acids is 2. The molecule has 0 N–H and O–H groups in total. The second kappa shape index (κ2) is 6.40. The molecule has 1 aliphatic rings. The Morgan fingerprint density at radius 2 is 1.68 bits per heavy atom. The molecular weight excluding hydrogens is 242 g/mol. The van der Waals surface area contributed by atoms with Crippen LogP contribution in [0.15, 0.2) is 0 Å². The van der Waals surface area contributed by atoms with Crippen LogP contribution < -0.4 is 0 Å². The van der Waals surface area contributed by atoms with Crippen LogP contribution in [0.4, 0.5) is 4.79 Å². The van der Waals surface area contributed by atoms with Gasteiger partial charge in [-0.1, -0.05) is 19.3 Å². The summed E-state index contributed by atoms with van der Waals surface area (Å²) in [4.78, 5) is 25.5. The topological polar surface area (TPSA) is 46.6 Å². The first-order valence-electron chi connectivity index (χ1n) is 7.18. The van der Waals surface area contributed by atoms with Crippen molar-refractivity contribution in [1.29, 1.82) is 0 Å². The monoisotopic (exact) mass is 269 g/mol. The number of carbonyl (C=O) groups is 2. The maximum atomic E-state index is 12.1. The highest BCUT2D eigenvalue weighted by atomic mass is 16.6. The van der Waals surface area contributed by atoms with Crippen molar-refractivity contribution < 1.29 is 14.3 Å². The zero-order valence-corrected chi connectivity index (χ0v) is 12.9. The Balaban J connectivity index is 2.74. The number of nitrogens with zero attached hydrogens (tertiary/aromatic N) is 1. The number of amides is 1. The summed E-state index contributed by atoms with van der Waals surface area (Å²) in [7, 11) is 1.68. The molecule has 0 bridgehead atoms. The molecule has 0 aromatic heterocycles. The molecule has 110 valence electrons. The summed E-state index contributed by atoms with van der Waals surface area (Å²) < 4.78 is 5.36. The quantitative estimate of drug-likeness (QED) is 0.789. The fourth-order valence-corrected chi connectivity index (χ4v) is 2.82. The van der Waals surface area contributed by atoms with E-state index in [9.17, 15) is 9.59 Å². The maximum Gasteiger partial charge on any atom is 0.410 e. The molecular formula is C15H27NO3. The number of ketones is 1. The molecule has 1 fully saturated rings. The highest BCUT2D eigenvalue weighted by Crippen LogP contribution is 2.29. The van der Waals surface area contributed by atoms with E-state index in [-0.39, 0.29) is 17.7 Å². The molecule has 0 aliphatic heterocycles. The molecule has 0 unspecified atom stereocenters. The standard InChI is InChI=1S/C15H27NO3/c1-11(17)13(12-9-7-6-8-10-12)16(5)14(18)19-15(2,3)4/h12-13H,6-10H2,1-5H3/t13-/m1/s1. The zero-order valence-electron chi connectivity index (χ0n) is 12.9. The molecule has 0 spiro atoms. The van der Waals surface area contributed by atoms with Crippen molar-refractivity contribution in [2.75, 3.05) is 7.05 Å². The van der Waals surface area contributed by atoms with E-state index in [0.717, 1.165) is 25.7 Å². The SMILES string of the molecule is CC(=O)[C@H](C1CCCCC1)N(C)C(=O)OC(C)(C)C. The van der Waals surface area contributed by atoms with Gasteiger partial charge in [-0.3, -0.25) is 4.79 Å². The lowest BCUT2D eigenvalue weighted by Gasteiger charge is -2.35. The Labute approximate surface area is 116 Å². The molecule has 0 aromatic rings. The minimum Gasteiger partial charge on any atom is -0.444 e. The fraction of sp³-hybridized carbons (Fsp3) is 0.867. The molecule has 4 heteroatoms. The Kier molecular flexibility index (Phi) is 5.39. The minimum absolute atomic E-state index is 0.0558. The van der Waals surface area contributed by atoms with Gasteiger partial charge in [-0.25, -0.2) is 4.79 Å². The lowest BCUT2D eigenvalue weighted by atomic mass is 9.82. The Morgan fingerprint density at radius 3 is 2.11 bits per heavy atom. The van der Waals surface area contributed by atoms with E-state index in [0.29, 0.717) is 0 Å². The van der Waals surface area contributed by atoms with Gasteiger partial charge in [0.15, 0.2) is 5.78 Å². The molecule has 4 nitrogen and oxygen atoms in total. The van der Waals surface area contributed by atoms with Gasteiger partial charge in [0.25, 0.3) is 0 Å². The predicted molar refractivity (Wildman–Crippen MR) is 75.0 cm³/mol. The van der Waals surface area contributed by atoms with E-state index in [1.165, 1.54) is 11.3 Å². The first-order chi connectivity index (χ1) is 8.72. The van der Waals surface area contributed by atoms with E-state index in [2.05, 4.69) is 0 Å². The summed E-state index contributed by atoms with van der Waals surface area (Å²) in [6.07, 6.45) is 5.18. The summed E-state index contributed by atoms with van der Waals surface area (Å²) in [6.45, 7) is 7.08. The van der Waals surface area contributed by atoms with E-state index in [4.69, 9.17) is 4.74 Å². The van der Waals surface area contributed by atoms with Crippen molar-refractivity contribution in [3.8, 4) is 0 Å². The molecule has 1 aliphatic carbocycles. The van der Waals surface area contributed by atoms with Gasteiger partial charge in [-0.15, -0.1) is 0 Å². The first kappa shape index (κ1) is 16.0. The van der Waals surface area contributed by atoms with Crippen LogP contribution in [-0.4, -0.2) is 35.5 Å². The lowest BCUT2D eigenvalue weighted by Crippen LogP contribution is -2.48. The van der Waals surface area contributed by atoms with Gasteiger partial charge in [0.05, 0.1) is 6.04 Å². The third-order valence-electron chi connectivity index (χ3n) is 3.61. The van der Waals surface area contributed by atoms with Gasteiger partial charge in [-0.2, -0.15) is 0 Å². The molecule has 0 saturated heterocycles. The average Bonchev–Trinajstić information content (AvgIpc) is 2.27. The van der Waals surface area contributed by atoms with Crippen molar-refractivity contribution in [2.45, 2.75) is 71.4 Å². The Bertz CT molecular complexity index is 327. The number of hydrogen-bond acceptors (Lipinski definition) is 3. The predicted octanol–water partition coefficient (Wildman–Crippen LogP) is 3.39. The molecule has 1 atom stereocenters. The smallest absolute Gasteiger partial charge is 0.410 e. The largest absolute Gasteiger partial charge is 0.444 e. The fourth-order valence-electron chi connectivity index (χ4n) is 2.82. The van der Waals surface area contributed by atoms with Crippen molar-refractivity contribution >= 4 is 11.9 Å². The van der Waals surface area contributed by atoms with Gasteiger partial charge in [0.1, 0.15) is 5.60 Å². The zero-order chi connectivity index (χ0) is 14.6.